The van der Waals surface area contributed by atoms with Crippen molar-refractivity contribution in [1.29, 1.82) is 0 Å². The summed E-state index contributed by atoms with van der Waals surface area (Å²) in [5.74, 6) is -0.146. The van der Waals surface area contributed by atoms with E-state index in [0.717, 1.165) is 32.5 Å². The highest BCUT2D eigenvalue weighted by molar-refractivity contribution is 5.66. The topological polar surface area (TPSA) is 29.5 Å². The van der Waals surface area contributed by atoms with Crippen LogP contribution in [0.5, 0.6) is 0 Å². The van der Waals surface area contributed by atoms with Crippen LogP contribution in [0.2, 0.25) is 0 Å². The van der Waals surface area contributed by atoms with Crippen molar-refractivity contribution in [2.45, 2.75) is 45.6 Å². The van der Waals surface area contributed by atoms with Crippen LogP contribution in [-0.4, -0.2) is 36.6 Å². The first-order chi connectivity index (χ1) is 6.72. The van der Waals surface area contributed by atoms with Gasteiger partial charge in [0.15, 0.2) is 0 Å². The molecule has 0 bridgehead atoms. The molecule has 1 atom stereocenters. The fraction of sp³-hybridized carbons (Fsp3) is 0.909. The maximum atomic E-state index is 10.8. The van der Waals surface area contributed by atoms with E-state index in [4.69, 9.17) is 4.74 Å². The number of rotatable bonds is 4. The normalized spacial score (nSPS) is 23.4. The molecular weight excluding hydrogens is 178 g/mol. The zero-order valence-electron chi connectivity index (χ0n) is 9.29. The molecule has 0 aromatic rings. The second-order valence-electron chi connectivity index (χ2n) is 4.03. The van der Waals surface area contributed by atoms with Crippen LogP contribution in [-0.2, 0) is 9.53 Å². The molecule has 1 heterocycles. The quantitative estimate of drug-likeness (QED) is 0.647. The molecule has 0 aromatic heterocycles. The van der Waals surface area contributed by atoms with Gasteiger partial charge in [-0.25, -0.2) is 0 Å². The van der Waals surface area contributed by atoms with Gasteiger partial charge >= 0.3 is 5.97 Å². The predicted molar refractivity (Wildman–Crippen MR) is 56.1 cm³/mol. The monoisotopic (exact) mass is 199 g/mol. The van der Waals surface area contributed by atoms with Gasteiger partial charge in [0.25, 0.3) is 0 Å². The number of ether oxygens (including phenoxy) is 1. The molecule has 0 spiro atoms. The Kier molecular flexibility index (Phi) is 4.94. The molecule has 1 fully saturated rings. The van der Waals surface area contributed by atoms with E-state index >= 15 is 0 Å². The number of unbranched alkanes of at least 4 members (excludes halogenated alkanes) is 1. The van der Waals surface area contributed by atoms with E-state index in [-0.39, 0.29) is 12.1 Å². The zero-order chi connectivity index (χ0) is 10.4. The molecule has 3 nitrogen and oxygen atoms in total. The first-order valence-electron chi connectivity index (χ1n) is 5.62. The van der Waals surface area contributed by atoms with Crippen LogP contribution in [0.4, 0.5) is 0 Å². The Hall–Kier alpha value is -0.570. The number of carbonyl (C=O) groups excluding carboxylic acids is 1. The Labute approximate surface area is 86.4 Å². The molecule has 0 amide bonds. The highest BCUT2D eigenvalue weighted by Gasteiger charge is 2.21. The van der Waals surface area contributed by atoms with Gasteiger partial charge in [-0.1, -0.05) is 13.3 Å². The van der Waals surface area contributed by atoms with Crippen LogP contribution in [0, 0.1) is 0 Å². The summed E-state index contributed by atoms with van der Waals surface area (Å²) in [6.45, 7) is 6.93. The van der Waals surface area contributed by atoms with E-state index in [2.05, 4.69) is 11.8 Å². The summed E-state index contributed by atoms with van der Waals surface area (Å²) in [7, 11) is 0. The molecule has 1 aliphatic rings. The van der Waals surface area contributed by atoms with E-state index < -0.39 is 0 Å². The van der Waals surface area contributed by atoms with E-state index in [1.54, 1.807) is 0 Å². The average Bonchev–Trinajstić information content (AvgIpc) is 2.14. The molecule has 0 saturated carbocycles. The summed E-state index contributed by atoms with van der Waals surface area (Å²) < 4.78 is 5.22. The molecule has 1 aliphatic heterocycles. The van der Waals surface area contributed by atoms with E-state index in [9.17, 15) is 4.79 Å². The summed E-state index contributed by atoms with van der Waals surface area (Å²) in [5.41, 5.74) is 0. The van der Waals surface area contributed by atoms with Gasteiger partial charge in [0, 0.05) is 13.5 Å². The number of hydrogen-bond acceptors (Lipinski definition) is 3. The fourth-order valence-corrected chi connectivity index (χ4v) is 1.93. The first kappa shape index (κ1) is 11.5. The highest BCUT2D eigenvalue weighted by atomic mass is 16.5. The lowest BCUT2D eigenvalue weighted by molar-refractivity contribution is -0.148. The fourth-order valence-electron chi connectivity index (χ4n) is 1.93. The first-order valence-corrected chi connectivity index (χ1v) is 5.62. The van der Waals surface area contributed by atoms with Crippen molar-refractivity contribution in [3.63, 3.8) is 0 Å². The lowest BCUT2D eigenvalue weighted by Gasteiger charge is -2.31. The van der Waals surface area contributed by atoms with Crippen molar-refractivity contribution in [2.24, 2.45) is 0 Å². The summed E-state index contributed by atoms with van der Waals surface area (Å²) >= 11 is 0. The van der Waals surface area contributed by atoms with Gasteiger partial charge in [0.2, 0.25) is 0 Å². The van der Waals surface area contributed by atoms with Crippen molar-refractivity contribution in [3.05, 3.63) is 0 Å². The van der Waals surface area contributed by atoms with Gasteiger partial charge in [-0.15, -0.1) is 0 Å². The van der Waals surface area contributed by atoms with Crippen molar-refractivity contribution < 1.29 is 9.53 Å². The lowest BCUT2D eigenvalue weighted by atomic mass is 10.1. The van der Waals surface area contributed by atoms with Gasteiger partial charge in [0.1, 0.15) is 6.10 Å². The van der Waals surface area contributed by atoms with Crippen LogP contribution in [0.25, 0.3) is 0 Å². The number of likely N-dealkylation sites (tertiary alicyclic amines) is 1. The van der Waals surface area contributed by atoms with E-state index in [0.29, 0.717) is 0 Å². The maximum Gasteiger partial charge on any atom is 0.302 e. The summed E-state index contributed by atoms with van der Waals surface area (Å²) in [6.07, 6.45) is 4.80. The minimum atomic E-state index is -0.146. The van der Waals surface area contributed by atoms with Crippen molar-refractivity contribution >= 4 is 5.97 Å². The van der Waals surface area contributed by atoms with Crippen LogP contribution in [0.1, 0.15) is 39.5 Å². The summed E-state index contributed by atoms with van der Waals surface area (Å²) in [6, 6.07) is 0. The Morgan fingerprint density at radius 2 is 2.36 bits per heavy atom. The van der Waals surface area contributed by atoms with Gasteiger partial charge < -0.3 is 4.74 Å². The van der Waals surface area contributed by atoms with E-state index in [1.165, 1.54) is 19.8 Å². The average molecular weight is 199 g/mol. The smallest absolute Gasteiger partial charge is 0.302 e. The largest absolute Gasteiger partial charge is 0.461 e. The van der Waals surface area contributed by atoms with Gasteiger partial charge in [-0.2, -0.15) is 0 Å². The van der Waals surface area contributed by atoms with Gasteiger partial charge in [-0.3, -0.25) is 9.69 Å². The third-order valence-electron chi connectivity index (χ3n) is 2.62. The molecule has 0 N–H and O–H groups in total. The molecule has 1 rings (SSSR count). The number of piperidine rings is 1. The van der Waals surface area contributed by atoms with Crippen molar-refractivity contribution in [3.8, 4) is 0 Å². The highest BCUT2D eigenvalue weighted by Crippen LogP contribution is 2.13. The Balaban J connectivity index is 2.24. The van der Waals surface area contributed by atoms with Gasteiger partial charge in [-0.05, 0) is 32.4 Å². The SMILES string of the molecule is CCCCN1CCCC(OC(C)=O)C1. The second-order valence-corrected chi connectivity index (χ2v) is 4.03. The summed E-state index contributed by atoms with van der Waals surface area (Å²) in [5, 5.41) is 0. The van der Waals surface area contributed by atoms with E-state index in [1.807, 2.05) is 0 Å². The van der Waals surface area contributed by atoms with Gasteiger partial charge in [0.05, 0.1) is 0 Å². The number of esters is 1. The number of carbonyl (C=O) groups is 1. The molecule has 3 heteroatoms. The van der Waals surface area contributed by atoms with Crippen LogP contribution in [0.15, 0.2) is 0 Å². The molecule has 0 radical (unpaired) electrons. The molecule has 0 aliphatic carbocycles. The number of nitrogens with zero attached hydrogens (tertiary/aromatic N) is 1. The minimum absolute atomic E-state index is 0.137. The standard InChI is InChI=1S/C11H21NO2/c1-3-4-7-12-8-5-6-11(9-12)14-10(2)13/h11H,3-9H2,1-2H3. The lowest BCUT2D eigenvalue weighted by Crippen LogP contribution is -2.40. The third-order valence-corrected chi connectivity index (χ3v) is 2.62. The Bertz CT molecular complexity index is 182. The van der Waals surface area contributed by atoms with Crippen molar-refractivity contribution in [1.82, 2.24) is 4.90 Å². The zero-order valence-corrected chi connectivity index (χ0v) is 9.29. The summed E-state index contributed by atoms with van der Waals surface area (Å²) in [4.78, 5) is 13.2. The van der Waals surface area contributed by atoms with Crippen LogP contribution in [0.3, 0.4) is 0 Å². The maximum absolute atomic E-state index is 10.8. The van der Waals surface area contributed by atoms with Crippen LogP contribution >= 0.6 is 0 Å². The second kappa shape index (κ2) is 6.02. The molecule has 1 saturated heterocycles. The molecular formula is C11H21NO2. The van der Waals surface area contributed by atoms with Crippen LogP contribution < -0.4 is 0 Å². The van der Waals surface area contributed by atoms with Crippen molar-refractivity contribution in [2.75, 3.05) is 19.6 Å². The Morgan fingerprint density at radius 3 is 3.00 bits per heavy atom. The molecule has 14 heavy (non-hydrogen) atoms. The molecule has 1 unspecified atom stereocenters. The molecule has 82 valence electrons. The molecule has 0 aromatic carbocycles. The third kappa shape index (κ3) is 4.09. The number of hydrogen-bond donors (Lipinski definition) is 0. The Morgan fingerprint density at radius 1 is 1.57 bits per heavy atom. The predicted octanol–water partition coefficient (Wildman–Crippen LogP) is 1.81. The minimum Gasteiger partial charge on any atom is -0.461 e.